The van der Waals surface area contributed by atoms with Gasteiger partial charge in [0.25, 0.3) is 0 Å². The summed E-state index contributed by atoms with van der Waals surface area (Å²) in [4.78, 5) is 31.0. The number of carbonyl (C=O) groups excluding carboxylic acids is 1. The minimum absolute atomic E-state index is 0.0550. The number of piperazine rings is 1. The first-order chi connectivity index (χ1) is 13.5. The summed E-state index contributed by atoms with van der Waals surface area (Å²) in [6.45, 7) is 4.36. The van der Waals surface area contributed by atoms with Gasteiger partial charge in [-0.05, 0) is 37.3 Å². The number of hydrogen-bond acceptors (Lipinski definition) is 4. The van der Waals surface area contributed by atoms with Gasteiger partial charge in [0.15, 0.2) is 5.78 Å². The highest BCUT2D eigenvalue weighted by molar-refractivity contribution is 5.94. The Morgan fingerprint density at radius 2 is 1.68 bits per heavy atom. The van der Waals surface area contributed by atoms with E-state index in [1.165, 1.54) is 0 Å². The van der Waals surface area contributed by atoms with Crippen LogP contribution in [0, 0.1) is 0 Å². The van der Waals surface area contributed by atoms with E-state index in [0.29, 0.717) is 18.7 Å². The van der Waals surface area contributed by atoms with Crippen LogP contribution in [0.15, 0.2) is 54.7 Å². The van der Waals surface area contributed by atoms with E-state index in [0.717, 1.165) is 35.2 Å². The van der Waals surface area contributed by atoms with Crippen molar-refractivity contribution < 1.29 is 14.7 Å². The average Bonchev–Trinajstić information content (AvgIpc) is 3.12. The Hall–Kier alpha value is -3.12. The van der Waals surface area contributed by atoms with Gasteiger partial charge in [-0.2, -0.15) is 0 Å². The number of ketones is 1. The molecule has 2 N–H and O–H groups in total. The third kappa shape index (κ3) is 3.39. The number of aromatic nitrogens is 1. The second-order valence-electron chi connectivity index (χ2n) is 7.16. The molecule has 0 amide bonds. The number of nitrogens with zero attached hydrogens (tertiary/aromatic N) is 2. The molecule has 1 unspecified atom stereocenters. The zero-order chi connectivity index (χ0) is 19.7. The molecule has 1 aliphatic heterocycles. The molecule has 28 heavy (non-hydrogen) atoms. The molecule has 0 saturated carbocycles. The van der Waals surface area contributed by atoms with E-state index >= 15 is 0 Å². The predicted octanol–water partition coefficient (Wildman–Crippen LogP) is 3.32. The first kappa shape index (κ1) is 18.3. The average molecular weight is 377 g/mol. The summed E-state index contributed by atoms with van der Waals surface area (Å²) in [6, 6.07) is 14.7. The zero-order valence-corrected chi connectivity index (χ0v) is 15.8. The first-order valence-corrected chi connectivity index (χ1v) is 9.43. The molecule has 4 rings (SSSR count). The first-order valence-electron chi connectivity index (χ1n) is 9.43. The van der Waals surface area contributed by atoms with Gasteiger partial charge in [-0.3, -0.25) is 14.5 Å². The summed E-state index contributed by atoms with van der Waals surface area (Å²) >= 11 is 0. The lowest BCUT2D eigenvalue weighted by Crippen LogP contribution is -2.49. The van der Waals surface area contributed by atoms with Crippen molar-refractivity contribution in [2.75, 3.05) is 31.1 Å². The quantitative estimate of drug-likeness (QED) is 0.667. The van der Waals surface area contributed by atoms with E-state index in [-0.39, 0.29) is 5.78 Å². The molecule has 6 heteroatoms. The molecule has 0 bridgehead atoms. The van der Waals surface area contributed by atoms with Crippen molar-refractivity contribution in [3.63, 3.8) is 0 Å². The Labute approximate surface area is 163 Å². The fourth-order valence-corrected chi connectivity index (χ4v) is 3.95. The molecular formula is C22H23N3O3. The number of nitrogens with one attached hydrogen (secondary N) is 1. The van der Waals surface area contributed by atoms with Crippen molar-refractivity contribution in [3.05, 3.63) is 65.9 Å². The second kappa shape index (κ2) is 7.48. The molecule has 0 radical (unpaired) electrons. The molecule has 2 aromatic carbocycles. The van der Waals surface area contributed by atoms with Crippen molar-refractivity contribution in [3.8, 4) is 0 Å². The Balaban J connectivity index is 1.51. The van der Waals surface area contributed by atoms with E-state index in [1.54, 1.807) is 6.92 Å². The van der Waals surface area contributed by atoms with Crippen LogP contribution >= 0.6 is 0 Å². The standard InChI is InChI=1S/C22H23N3O3/c1-15(26)16-6-8-17(9-7-16)24-10-12-25(13-11-24)21(22(27)28)19-14-23-20-5-3-2-4-18(19)20/h2-9,14,21,23H,10-13H2,1H3,(H,27,28). The molecule has 6 nitrogen and oxygen atoms in total. The van der Waals surface area contributed by atoms with Crippen molar-refractivity contribution in [1.29, 1.82) is 0 Å². The van der Waals surface area contributed by atoms with Crippen LogP contribution in [0.5, 0.6) is 0 Å². The number of carbonyl (C=O) groups is 2. The fourth-order valence-electron chi connectivity index (χ4n) is 3.95. The Kier molecular flexibility index (Phi) is 4.88. The van der Waals surface area contributed by atoms with E-state index in [2.05, 4.69) is 9.88 Å². The monoisotopic (exact) mass is 377 g/mol. The van der Waals surface area contributed by atoms with Gasteiger partial charge in [-0.1, -0.05) is 18.2 Å². The lowest BCUT2D eigenvalue weighted by atomic mass is 10.0. The number of aromatic amines is 1. The van der Waals surface area contributed by atoms with Gasteiger partial charge in [-0.15, -0.1) is 0 Å². The van der Waals surface area contributed by atoms with Gasteiger partial charge in [0, 0.05) is 60.1 Å². The number of Topliss-reactive ketones (excluding diaryl/α,β-unsaturated/α-hetero) is 1. The zero-order valence-electron chi connectivity index (χ0n) is 15.8. The van der Waals surface area contributed by atoms with Crippen LogP contribution in [0.3, 0.4) is 0 Å². The maximum absolute atomic E-state index is 12.1. The van der Waals surface area contributed by atoms with Gasteiger partial charge >= 0.3 is 5.97 Å². The number of rotatable bonds is 5. The lowest BCUT2D eigenvalue weighted by Gasteiger charge is -2.38. The molecule has 2 heterocycles. The number of H-pyrrole nitrogens is 1. The van der Waals surface area contributed by atoms with Crippen molar-refractivity contribution in [2.45, 2.75) is 13.0 Å². The maximum atomic E-state index is 12.1. The van der Waals surface area contributed by atoms with Crippen LogP contribution < -0.4 is 4.90 Å². The summed E-state index contributed by atoms with van der Waals surface area (Å²) in [5, 5.41) is 10.9. The van der Waals surface area contributed by atoms with Crippen LogP contribution in [0.25, 0.3) is 10.9 Å². The second-order valence-corrected chi connectivity index (χ2v) is 7.16. The van der Waals surface area contributed by atoms with Crippen LogP contribution in [-0.4, -0.2) is 52.9 Å². The number of benzene rings is 2. The number of carboxylic acid groups (broad SMARTS) is 1. The fraction of sp³-hybridized carbons (Fsp3) is 0.273. The maximum Gasteiger partial charge on any atom is 0.325 e. The lowest BCUT2D eigenvalue weighted by molar-refractivity contribution is -0.143. The third-order valence-electron chi connectivity index (χ3n) is 5.47. The SMILES string of the molecule is CC(=O)c1ccc(N2CCN(C(C(=O)O)c3c[nH]c4ccccc34)CC2)cc1. The normalized spacial score (nSPS) is 16.2. The molecule has 1 aromatic heterocycles. The highest BCUT2D eigenvalue weighted by Gasteiger charge is 2.32. The predicted molar refractivity (Wildman–Crippen MR) is 109 cm³/mol. The van der Waals surface area contributed by atoms with Gasteiger partial charge in [-0.25, -0.2) is 0 Å². The highest BCUT2D eigenvalue weighted by Crippen LogP contribution is 2.30. The minimum Gasteiger partial charge on any atom is -0.480 e. The van der Waals surface area contributed by atoms with Crippen molar-refractivity contribution >= 4 is 28.3 Å². The molecule has 1 atom stereocenters. The number of hydrogen-bond donors (Lipinski definition) is 2. The van der Waals surface area contributed by atoms with E-state index in [9.17, 15) is 14.7 Å². The number of fused-ring (bicyclic) bond motifs is 1. The van der Waals surface area contributed by atoms with Gasteiger partial charge in [0.2, 0.25) is 0 Å². The van der Waals surface area contributed by atoms with Gasteiger partial charge < -0.3 is 15.0 Å². The Morgan fingerprint density at radius 3 is 2.32 bits per heavy atom. The summed E-state index contributed by atoms with van der Waals surface area (Å²) < 4.78 is 0. The van der Waals surface area contributed by atoms with Crippen LogP contribution in [0.4, 0.5) is 5.69 Å². The molecule has 1 saturated heterocycles. The van der Waals surface area contributed by atoms with Crippen LogP contribution in [0.1, 0.15) is 28.9 Å². The number of carboxylic acids is 1. The number of anilines is 1. The third-order valence-corrected chi connectivity index (χ3v) is 5.47. The van der Waals surface area contributed by atoms with E-state index in [4.69, 9.17) is 0 Å². The number of para-hydroxylation sites is 1. The Morgan fingerprint density at radius 1 is 1.00 bits per heavy atom. The largest absolute Gasteiger partial charge is 0.480 e. The van der Waals surface area contributed by atoms with Crippen molar-refractivity contribution in [1.82, 2.24) is 9.88 Å². The molecule has 144 valence electrons. The number of aliphatic carboxylic acids is 1. The highest BCUT2D eigenvalue weighted by atomic mass is 16.4. The minimum atomic E-state index is -0.830. The van der Waals surface area contributed by atoms with Crippen LogP contribution in [-0.2, 0) is 4.79 Å². The topological polar surface area (TPSA) is 76.6 Å². The molecule has 0 spiro atoms. The van der Waals surface area contributed by atoms with Gasteiger partial charge in [0.1, 0.15) is 6.04 Å². The van der Waals surface area contributed by atoms with Crippen LogP contribution in [0.2, 0.25) is 0 Å². The molecule has 1 fully saturated rings. The smallest absolute Gasteiger partial charge is 0.325 e. The van der Waals surface area contributed by atoms with E-state index < -0.39 is 12.0 Å². The molecule has 3 aromatic rings. The summed E-state index contributed by atoms with van der Waals surface area (Å²) in [6.07, 6.45) is 1.82. The molecular weight excluding hydrogens is 354 g/mol. The molecule has 0 aliphatic carbocycles. The summed E-state index contributed by atoms with van der Waals surface area (Å²) in [5.74, 6) is -0.775. The summed E-state index contributed by atoms with van der Waals surface area (Å²) in [5.41, 5.74) is 3.52. The Bertz CT molecular complexity index is 1000. The summed E-state index contributed by atoms with van der Waals surface area (Å²) in [7, 11) is 0. The van der Waals surface area contributed by atoms with E-state index in [1.807, 2.05) is 59.6 Å². The molecule has 1 aliphatic rings. The van der Waals surface area contributed by atoms with Gasteiger partial charge in [0.05, 0.1) is 0 Å². The van der Waals surface area contributed by atoms with Crippen molar-refractivity contribution in [2.24, 2.45) is 0 Å².